The van der Waals surface area contributed by atoms with Gasteiger partial charge in [-0.3, -0.25) is 4.79 Å². The van der Waals surface area contributed by atoms with Gasteiger partial charge in [0.05, 0.1) is 13.7 Å². The summed E-state index contributed by atoms with van der Waals surface area (Å²) in [6, 6.07) is 11.0. The number of hydrogen-bond acceptors (Lipinski definition) is 7. The van der Waals surface area contributed by atoms with Crippen LogP contribution in [0.15, 0.2) is 42.5 Å². The highest BCUT2D eigenvalue weighted by atomic mass is 35.5. The molecule has 0 aliphatic carbocycles. The summed E-state index contributed by atoms with van der Waals surface area (Å²) >= 11 is 6.19. The number of amides is 2. The third kappa shape index (κ3) is 11.6. The number of halogens is 3. The normalized spacial score (nSPS) is 13.4. The van der Waals surface area contributed by atoms with Crippen LogP contribution in [0.4, 0.5) is 13.6 Å². The maximum Gasteiger partial charge on any atom is 0.406 e. The number of carbonyl (C=O) groups is 2. The van der Waals surface area contributed by atoms with Gasteiger partial charge in [0.1, 0.15) is 11.9 Å². The van der Waals surface area contributed by atoms with Crippen LogP contribution in [0.25, 0.3) is 0 Å². The lowest BCUT2D eigenvalue weighted by atomic mass is 9.96. The molecule has 3 atom stereocenters. The summed E-state index contributed by atoms with van der Waals surface area (Å²) in [5.74, 6) is -0.342. The smallest absolute Gasteiger partial charge is 0.406 e. The highest BCUT2D eigenvalue weighted by Gasteiger charge is 2.21. The molecular formula is C28H38ClF2N3O6. The molecule has 0 spiro atoms. The number of benzene rings is 2. The SMILES string of the molecule is CN[C@H](CNC(=O)c1cc(OC(F)F)cc([C@@H](OCCNC(=O)OC)c2cccc(Cl)c2)c1)C[C@H](C)CCCO. The van der Waals surface area contributed by atoms with Crippen molar-refractivity contribution in [2.45, 2.75) is 44.9 Å². The Bertz CT molecular complexity index is 1080. The van der Waals surface area contributed by atoms with Crippen molar-refractivity contribution in [1.82, 2.24) is 16.0 Å². The van der Waals surface area contributed by atoms with Crippen LogP contribution in [0.1, 0.15) is 53.8 Å². The van der Waals surface area contributed by atoms with Crippen LogP contribution >= 0.6 is 11.6 Å². The molecule has 0 unspecified atom stereocenters. The van der Waals surface area contributed by atoms with Gasteiger partial charge in [-0.2, -0.15) is 8.78 Å². The minimum absolute atomic E-state index is 0.0255. The molecule has 0 bridgehead atoms. The van der Waals surface area contributed by atoms with Crippen molar-refractivity contribution in [2.75, 3.05) is 40.5 Å². The first-order chi connectivity index (χ1) is 19.2. The highest BCUT2D eigenvalue weighted by molar-refractivity contribution is 6.30. The van der Waals surface area contributed by atoms with Crippen molar-refractivity contribution in [2.24, 2.45) is 5.92 Å². The van der Waals surface area contributed by atoms with Gasteiger partial charge in [-0.25, -0.2) is 4.79 Å². The van der Waals surface area contributed by atoms with E-state index in [1.165, 1.54) is 19.2 Å². The Morgan fingerprint density at radius 2 is 1.88 bits per heavy atom. The molecule has 4 N–H and O–H groups in total. The summed E-state index contributed by atoms with van der Waals surface area (Å²) in [6.45, 7) is -0.419. The first-order valence-electron chi connectivity index (χ1n) is 13.0. The third-order valence-electron chi connectivity index (χ3n) is 6.17. The van der Waals surface area contributed by atoms with Crippen LogP contribution in [0.2, 0.25) is 5.02 Å². The molecule has 0 fully saturated rings. The van der Waals surface area contributed by atoms with Gasteiger partial charge in [-0.15, -0.1) is 0 Å². The molecule has 0 radical (unpaired) electrons. The second kappa shape index (κ2) is 17.6. The molecule has 2 rings (SSSR count). The fraction of sp³-hybridized carbons (Fsp3) is 0.500. The predicted octanol–water partition coefficient (Wildman–Crippen LogP) is 4.52. The Morgan fingerprint density at radius 1 is 1.10 bits per heavy atom. The molecule has 40 heavy (non-hydrogen) atoms. The lowest BCUT2D eigenvalue weighted by Gasteiger charge is -2.22. The van der Waals surface area contributed by atoms with E-state index in [4.69, 9.17) is 21.4 Å². The zero-order chi connectivity index (χ0) is 29.5. The first kappa shape index (κ1) is 33.2. The third-order valence-corrected chi connectivity index (χ3v) is 6.41. The van der Waals surface area contributed by atoms with E-state index in [0.717, 1.165) is 12.8 Å². The predicted molar refractivity (Wildman–Crippen MR) is 148 cm³/mol. The van der Waals surface area contributed by atoms with Gasteiger partial charge in [0.25, 0.3) is 5.91 Å². The quantitative estimate of drug-likeness (QED) is 0.202. The zero-order valence-electron chi connectivity index (χ0n) is 22.9. The molecule has 0 saturated carbocycles. The van der Waals surface area contributed by atoms with Gasteiger partial charge in [0.2, 0.25) is 0 Å². The second-order valence-electron chi connectivity index (χ2n) is 9.30. The first-order valence-corrected chi connectivity index (χ1v) is 13.4. The topological polar surface area (TPSA) is 118 Å². The van der Waals surface area contributed by atoms with Crippen molar-refractivity contribution >= 4 is 23.6 Å². The van der Waals surface area contributed by atoms with Crippen LogP contribution in [-0.2, 0) is 9.47 Å². The molecule has 0 saturated heterocycles. The fourth-order valence-electron chi connectivity index (χ4n) is 4.20. The Hall–Kier alpha value is -2.99. The molecule has 2 aromatic carbocycles. The zero-order valence-corrected chi connectivity index (χ0v) is 23.7. The largest absolute Gasteiger partial charge is 0.453 e. The molecule has 9 nitrogen and oxygen atoms in total. The number of alkyl halides is 2. The van der Waals surface area contributed by atoms with E-state index in [0.29, 0.717) is 35.0 Å². The summed E-state index contributed by atoms with van der Waals surface area (Å²) < 4.78 is 41.6. The number of hydrogen-bond donors (Lipinski definition) is 4. The maximum atomic E-state index is 13.2. The standard InChI is InChI=1S/C28H38ClF2N3O6/c1-18(6-5-10-35)12-23(32-2)17-34-26(36)21-13-20(15-24(16-21)40-27(30)31)25(19-7-4-8-22(29)14-19)39-11-9-33-28(37)38-3/h4,7-8,13-16,18,23,25,27,32,35H,5-6,9-12,17H2,1-3H3,(H,33,37)(H,34,36)/t18-,23+,25+/m1/s1. The minimum atomic E-state index is -3.10. The van der Waals surface area contributed by atoms with Crippen LogP contribution in [0.3, 0.4) is 0 Å². The van der Waals surface area contributed by atoms with Crippen LogP contribution in [0.5, 0.6) is 5.75 Å². The van der Waals surface area contributed by atoms with Gasteiger partial charge in [-0.05, 0) is 73.7 Å². The lowest BCUT2D eigenvalue weighted by Crippen LogP contribution is -2.40. The molecule has 0 aliphatic rings. The van der Waals surface area contributed by atoms with Crippen molar-refractivity contribution < 1.29 is 37.7 Å². The maximum absolute atomic E-state index is 13.2. The average molecular weight is 586 g/mol. The number of ether oxygens (including phenoxy) is 3. The van der Waals surface area contributed by atoms with Crippen molar-refractivity contribution in [1.29, 1.82) is 0 Å². The molecule has 0 heterocycles. The summed E-state index contributed by atoms with van der Waals surface area (Å²) in [5.41, 5.74) is 1.10. The number of methoxy groups -OCH3 is 1. The summed E-state index contributed by atoms with van der Waals surface area (Å²) in [4.78, 5) is 24.5. The Morgan fingerprint density at radius 3 is 2.52 bits per heavy atom. The number of likely N-dealkylation sites (N-methyl/N-ethyl adjacent to an activating group) is 1. The van der Waals surface area contributed by atoms with Crippen molar-refractivity contribution in [3.8, 4) is 5.75 Å². The minimum Gasteiger partial charge on any atom is -0.453 e. The molecule has 0 aromatic heterocycles. The van der Waals surface area contributed by atoms with Crippen LogP contribution in [-0.4, -0.2) is 70.2 Å². The Balaban J connectivity index is 2.30. The molecule has 2 amide bonds. The van der Waals surface area contributed by atoms with E-state index in [1.807, 2.05) is 0 Å². The Labute approximate surface area is 238 Å². The summed E-state index contributed by atoms with van der Waals surface area (Å²) in [7, 11) is 3.04. The highest BCUT2D eigenvalue weighted by Crippen LogP contribution is 2.32. The molecule has 2 aromatic rings. The monoisotopic (exact) mass is 585 g/mol. The molecule has 222 valence electrons. The number of aliphatic hydroxyl groups excluding tert-OH is 1. The van der Waals surface area contributed by atoms with E-state index in [1.54, 1.807) is 37.4 Å². The van der Waals surface area contributed by atoms with Gasteiger partial charge >= 0.3 is 12.7 Å². The average Bonchev–Trinajstić information content (AvgIpc) is 2.93. The van der Waals surface area contributed by atoms with Crippen molar-refractivity contribution in [3.63, 3.8) is 0 Å². The number of alkyl carbamates (subject to hydrolysis) is 1. The fourth-order valence-corrected chi connectivity index (χ4v) is 4.40. The number of aliphatic hydroxyl groups is 1. The number of rotatable bonds is 17. The second-order valence-corrected chi connectivity index (χ2v) is 9.73. The van der Waals surface area contributed by atoms with E-state index < -0.39 is 24.7 Å². The van der Waals surface area contributed by atoms with Gasteiger partial charge < -0.3 is 35.3 Å². The number of nitrogens with one attached hydrogen (secondary N) is 3. The van der Waals surface area contributed by atoms with E-state index in [2.05, 4.69) is 32.3 Å². The lowest BCUT2D eigenvalue weighted by molar-refractivity contribution is -0.0500. The summed E-state index contributed by atoms with van der Waals surface area (Å²) in [6.07, 6.45) is 0.901. The van der Waals surface area contributed by atoms with Crippen LogP contribution < -0.4 is 20.7 Å². The van der Waals surface area contributed by atoms with E-state index >= 15 is 0 Å². The van der Waals surface area contributed by atoms with Gasteiger partial charge in [-0.1, -0.05) is 30.7 Å². The van der Waals surface area contributed by atoms with Gasteiger partial charge in [0.15, 0.2) is 0 Å². The number of carbonyl (C=O) groups excluding carboxylic acids is 2. The van der Waals surface area contributed by atoms with E-state index in [9.17, 15) is 18.4 Å². The van der Waals surface area contributed by atoms with Crippen LogP contribution in [0, 0.1) is 5.92 Å². The van der Waals surface area contributed by atoms with E-state index in [-0.39, 0.29) is 37.1 Å². The van der Waals surface area contributed by atoms with Crippen molar-refractivity contribution in [3.05, 3.63) is 64.2 Å². The Kier molecular flexibility index (Phi) is 14.7. The molecule has 12 heteroatoms. The molecular weight excluding hydrogens is 548 g/mol. The molecule has 0 aliphatic heterocycles. The van der Waals surface area contributed by atoms with Gasteiger partial charge in [0, 0.05) is 36.3 Å². The summed E-state index contributed by atoms with van der Waals surface area (Å²) in [5, 5.41) is 18.0.